The molecule has 158 valence electrons. The molecule has 0 saturated carbocycles. The number of urea groups is 1. The predicted octanol–water partition coefficient (Wildman–Crippen LogP) is 4.17. The second-order valence-electron chi connectivity index (χ2n) is 6.69. The normalized spacial score (nSPS) is 11.2. The van der Waals surface area contributed by atoms with Gasteiger partial charge in [0.1, 0.15) is 5.75 Å². The molecule has 1 N–H and O–H groups in total. The number of aromatic nitrogens is 2. The number of ether oxygens (including phenoxy) is 1. The van der Waals surface area contributed by atoms with E-state index in [9.17, 15) is 18.0 Å². The van der Waals surface area contributed by atoms with Gasteiger partial charge >= 0.3 is 12.4 Å². The van der Waals surface area contributed by atoms with E-state index in [-0.39, 0.29) is 17.9 Å². The molecule has 0 bridgehead atoms. The zero-order chi connectivity index (χ0) is 21.6. The van der Waals surface area contributed by atoms with Gasteiger partial charge in [0, 0.05) is 31.5 Å². The van der Waals surface area contributed by atoms with E-state index >= 15 is 0 Å². The summed E-state index contributed by atoms with van der Waals surface area (Å²) in [6.07, 6.45) is -1.20. The second-order valence-corrected chi connectivity index (χ2v) is 6.69. The standard InChI is InChI=1S/C21H21F3N4O2/c1-27(15-18-5-2-3-6-19(18)30-21(22,23)24)20(29)25-13-16-7-9-17(10-8-16)14-28-12-4-11-26-28/h2-12H,13-15H2,1H3,(H,25,29). The Hall–Kier alpha value is -3.49. The van der Waals surface area contributed by atoms with E-state index in [2.05, 4.69) is 15.2 Å². The number of nitrogens with zero attached hydrogens (tertiary/aromatic N) is 3. The number of nitrogens with one attached hydrogen (secondary N) is 1. The van der Waals surface area contributed by atoms with E-state index in [0.717, 1.165) is 11.1 Å². The fourth-order valence-corrected chi connectivity index (χ4v) is 2.84. The van der Waals surface area contributed by atoms with Gasteiger partial charge in [-0.2, -0.15) is 5.10 Å². The Bertz CT molecular complexity index is 957. The number of benzene rings is 2. The third-order valence-electron chi connectivity index (χ3n) is 4.32. The molecule has 0 radical (unpaired) electrons. The lowest BCUT2D eigenvalue weighted by Crippen LogP contribution is -2.36. The van der Waals surface area contributed by atoms with Crippen LogP contribution < -0.4 is 10.1 Å². The van der Waals surface area contributed by atoms with Crippen molar-refractivity contribution < 1.29 is 22.7 Å². The highest BCUT2D eigenvalue weighted by Gasteiger charge is 2.32. The maximum Gasteiger partial charge on any atom is 0.573 e. The van der Waals surface area contributed by atoms with Crippen molar-refractivity contribution in [1.29, 1.82) is 0 Å². The van der Waals surface area contributed by atoms with Gasteiger partial charge in [0.25, 0.3) is 0 Å². The number of para-hydroxylation sites is 1. The Labute approximate surface area is 171 Å². The number of carbonyl (C=O) groups excluding carboxylic acids is 1. The average molecular weight is 418 g/mol. The maximum absolute atomic E-state index is 12.5. The monoisotopic (exact) mass is 418 g/mol. The summed E-state index contributed by atoms with van der Waals surface area (Å²) in [6, 6.07) is 14.9. The fourth-order valence-electron chi connectivity index (χ4n) is 2.84. The molecule has 0 saturated heterocycles. The number of halogens is 3. The van der Waals surface area contributed by atoms with Crippen LogP contribution in [-0.2, 0) is 19.6 Å². The summed E-state index contributed by atoms with van der Waals surface area (Å²) in [6.45, 7) is 0.925. The van der Waals surface area contributed by atoms with Gasteiger partial charge in [-0.05, 0) is 23.3 Å². The van der Waals surface area contributed by atoms with Gasteiger partial charge < -0.3 is 15.0 Å². The van der Waals surface area contributed by atoms with Crippen molar-refractivity contribution in [2.24, 2.45) is 0 Å². The summed E-state index contributed by atoms with van der Waals surface area (Å²) in [7, 11) is 1.51. The Morgan fingerprint density at radius 3 is 2.47 bits per heavy atom. The average Bonchev–Trinajstić information content (AvgIpc) is 3.20. The molecule has 0 atom stereocenters. The quantitative estimate of drug-likeness (QED) is 0.627. The number of rotatable bonds is 7. The second kappa shape index (κ2) is 9.34. The summed E-state index contributed by atoms with van der Waals surface area (Å²) in [5.74, 6) is -0.322. The zero-order valence-electron chi connectivity index (χ0n) is 16.3. The number of hydrogen-bond donors (Lipinski definition) is 1. The van der Waals surface area contributed by atoms with E-state index in [4.69, 9.17) is 0 Å². The van der Waals surface area contributed by atoms with Gasteiger partial charge in [-0.15, -0.1) is 13.2 Å². The van der Waals surface area contributed by atoms with Crippen molar-refractivity contribution >= 4 is 6.03 Å². The molecule has 0 fully saturated rings. The van der Waals surface area contributed by atoms with Crippen LogP contribution in [0.2, 0.25) is 0 Å². The van der Waals surface area contributed by atoms with Crippen LogP contribution in [-0.4, -0.2) is 34.1 Å². The van der Waals surface area contributed by atoms with Crippen molar-refractivity contribution in [1.82, 2.24) is 20.0 Å². The highest BCUT2D eigenvalue weighted by Crippen LogP contribution is 2.26. The largest absolute Gasteiger partial charge is 0.573 e. The molecule has 6 nitrogen and oxygen atoms in total. The van der Waals surface area contributed by atoms with E-state index in [1.54, 1.807) is 12.3 Å². The topological polar surface area (TPSA) is 59.4 Å². The third-order valence-corrected chi connectivity index (χ3v) is 4.32. The van der Waals surface area contributed by atoms with Gasteiger partial charge in [0.15, 0.2) is 0 Å². The van der Waals surface area contributed by atoms with Crippen LogP contribution in [0.4, 0.5) is 18.0 Å². The van der Waals surface area contributed by atoms with Crippen molar-refractivity contribution in [3.8, 4) is 5.75 Å². The Kier molecular flexibility index (Phi) is 6.61. The third kappa shape index (κ3) is 6.26. The van der Waals surface area contributed by atoms with Gasteiger partial charge in [-0.1, -0.05) is 42.5 Å². The lowest BCUT2D eigenvalue weighted by molar-refractivity contribution is -0.275. The van der Waals surface area contributed by atoms with Crippen LogP contribution in [0.5, 0.6) is 5.75 Å². The molecule has 0 aliphatic carbocycles. The van der Waals surface area contributed by atoms with Crippen molar-refractivity contribution in [2.45, 2.75) is 26.0 Å². The van der Waals surface area contributed by atoms with Crippen LogP contribution in [0.25, 0.3) is 0 Å². The molecule has 0 spiro atoms. The van der Waals surface area contributed by atoms with E-state index in [1.165, 1.54) is 30.1 Å². The molecule has 0 unspecified atom stereocenters. The first-order chi connectivity index (χ1) is 14.3. The minimum atomic E-state index is -4.79. The van der Waals surface area contributed by atoms with E-state index in [0.29, 0.717) is 13.1 Å². The molecular formula is C21H21F3N4O2. The molecule has 3 rings (SSSR count). The van der Waals surface area contributed by atoms with Crippen molar-refractivity contribution in [2.75, 3.05) is 7.05 Å². The van der Waals surface area contributed by atoms with Crippen LogP contribution in [0.15, 0.2) is 67.0 Å². The van der Waals surface area contributed by atoms with Gasteiger partial charge in [0.05, 0.1) is 13.1 Å². The minimum absolute atomic E-state index is 0.0269. The summed E-state index contributed by atoms with van der Waals surface area (Å²) in [4.78, 5) is 13.6. The first kappa shape index (κ1) is 21.2. The Balaban J connectivity index is 1.52. The molecular weight excluding hydrogens is 397 g/mol. The highest BCUT2D eigenvalue weighted by molar-refractivity contribution is 5.74. The smallest absolute Gasteiger partial charge is 0.405 e. The van der Waals surface area contributed by atoms with Crippen LogP contribution in [0.3, 0.4) is 0 Å². The molecule has 1 aromatic heterocycles. The number of carbonyl (C=O) groups is 1. The Morgan fingerprint density at radius 2 is 1.80 bits per heavy atom. The SMILES string of the molecule is CN(Cc1ccccc1OC(F)(F)F)C(=O)NCc1ccc(Cn2cccn2)cc1. The molecule has 1 heterocycles. The lowest BCUT2D eigenvalue weighted by atomic mass is 10.1. The fraction of sp³-hybridized carbons (Fsp3) is 0.238. The summed E-state index contributed by atoms with van der Waals surface area (Å²) in [5, 5.41) is 6.91. The van der Waals surface area contributed by atoms with Crippen molar-refractivity contribution in [3.05, 3.63) is 83.7 Å². The molecule has 3 aromatic rings. The predicted molar refractivity (Wildman–Crippen MR) is 105 cm³/mol. The number of alkyl halides is 3. The first-order valence-electron chi connectivity index (χ1n) is 9.18. The lowest BCUT2D eigenvalue weighted by Gasteiger charge is -2.20. The molecule has 0 aliphatic heterocycles. The molecule has 9 heteroatoms. The van der Waals surface area contributed by atoms with Crippen LogP contribution in [0.1, 0.15) is 16.7 Å². The van der Waals surface area contributed by atoms with Crippen LogP contribution in [0, 0.1) is 0 Å². The zero-order valence-corrected chi connectivity index (χ0v) is 16.3. The van der Waals surface area contributed by atoms with Gasteiger partial charge in [-0.3, -0.25) is 4.68 Å². The molecule has 0 aliphatic rings. The summed E-state index contributed by atoms with van der Waals surface area (Å²) in [5.41, 5.74) is 2.24. The van der Waals surface area contributed by atoms with Crippen molar-refractivity contribution in [3.63, 3.8) is 0 Å². The van der Waals surface area contributed by atoms with Gasteiger partial charge in [0.2, 0.25) is 0 Å². The first-order valence-corrected chi connectivity index (χ1v) is 9.18. The minimum Gasteiger partial charge on any atom is -0.405 e. The molecule has 30 heavy (non-hydrogen) atoms. The number of amides is 2. The number of hydrogen-bond acceptors (Lipinski definition) is 3. The molecule has 2 amide bonds. The molecule has 2 aromatic carbocycles. The van der Waals surface area contributed by atoms with E-state index in [1.807, 2.05) is 41.2 Å². The summed E-state index contributed by atoms with van der Waals surface area (Å²) < 4.78 is 43.5. The van der Waals surface area contributed by atoms with Crippen LogP contribution >= 0.6 is 0 Å². The van der Waals surface area contributed by atoms with E-state index < -0.39 is 12.4 Å². The van der Waals surface area contributed by atoms with Gasteiger partial charge in [-0.25, -0.2) is 4.79 Å². The Morgan fingerprint density at radius 1 is 1.10 bits per heavy atom. The maximum atomic E-state index is 12.5. The highest BCUT2D eigenvalue weighted by atomic mass is 19.4. The summed E-state index contributed by atoms with van der Waals surface area (Å²) >= 11 is 0.